The molecule has 0 saturated carbocycles. The third-order valence-electron chi connectivity index (χ3n) is 4.06. The van der Waals surface area contributed by atoms with Gasteiger partial charge in [-0.2, -0.15) is 0 Å². The van der Waals surface area contributed by atoms with Gasteiger partial charge in [0.15, 0.2) is 5.82 Å². The molecule has 3 rings (SSSR count). The van der Waals surface area contributed by atoms with E-state index < -0.39 is 0 Å². The molecule has 0 amide bonds. The van der Waals surface area contributed by atoms with Gasteiger partial charge in [0.25, 0.3) is 0 Å². The Labute approximate surface area is 119 Å². The zero-order chi connectivity index (χ0) is 13.9. The lowest BCUT2D eigenvalue weighted by Gasteiger charge is -2.26. The minimum absolute atomic E-state index is 0.271. The fourth-order valence-electron chi connectivity index (χ4n) is 3.09. The highest BCUT2D eigenvalue weighted by molar-refractivity contribution is 5.76. The number of hydrogen-bond acceptors (Lipinski definition) is 4. The lowest BCUT2D eigenvalue weighted by atomic mass is 10.1. The first-order chi connectivity index (χ1) is 9.79. The largest absolute Gasteiger partial charge is 0.396 e. The molecule has 1 aliphatic rings. The van der Waals surface area contributed by atoms with E-state index in [1.807, 2.05) is 31.2 Å². The van der Waals surface area contributed by atoms with Crippen molar-refractivity contribution in [3.05, 3.63) is 30.0 Å². The molecule has 1 aliphatic heterocycles. The molecule has 4 heteroatoms. The van der Waals surface area contributed by atoms with E-state index in [0.717, 1.165) is 41.9 Å². The first kappa shape index (κ1) is 13.3. The van der Waals surface area contributed by atoms with Crippen molar-refractivity contribution in [1.29, 1.82) is 0 Å². The maximum atomic E-state index is 9.03. The fourth-order valence-corrected chi connectivity index (χ4v) is 3.09. The van der Waals surface area contributed by atoms with Crippen molar-refractivity contribution >= 4 is 16.9 Å². The molecule has 1 aromatic carbocycles. The van der Waals surface area contributed by atoms with Gasteiger partial charge in [-0.25, -0.2) is 9.97 Å². The smallest absolute Gasteiger partial charge is 0.151 e. The zero-order valence-electron chi connectivity index (χ0n) is 11.9. The van der Waals surface area contributed by atoms with Gasteiger partial charge in [-0.3, -0.25) is 0 Å². The van der Waals surface area contributed by atoms with E-state index in [1.165, 1.54) is 12.8 Å². The average Bonchev–Trinajstić information content (AvgIpc) is 2.92. The van der Waals surface area contributed by atoms with E-state index in [-0.39, 0.29) is 6.61 Å². The van der Waals surface area contributed by atoms with Gasteiger partial charge in [0.05, 0.1) is 16.7 Å². The van der Waals surface area contributed by atoms with Crippen LogP contribution in [0.1, 0.15) is 31.4 Å². The lowest BCUT2D eigenvalue weighted by molar-refractivity contribution is 0.279. The van der Waals surface area contributed by atoms with E-state index in [1.54, 1.807) is 0 Å². The van der Waals surface area contributed by atoms with Crippen LogP contribution in [-0.2, 0) is 0 Å². The van der Waals surface area contributed by atoms with Gasteiger partial charge in [0, 0.05) is 19.2 Å². The molecule has 20 heavy (non-hydrogen) atoms. The molecule has 1 fully saturated rings. The Morgan fingerprint density at radius 3 is 2.75 bits per heavy atom. The maximum Gasteiger partial charge on any atom is 0.151 e. The number of aryl methyl sites for hydroxylation is 1. The minimum atomic E-state index is 0.271. The van der Waals surface area contributed by atoms with Gasteiger partial charge in [-0.1, -0.05) is 12.1 Å². The van der Waals surface area contributed by atoms with Crippen LogP contribution in [0.4, 0.5) is 5.82 Å². The van der Waals surface area contributed by atoms with Crippen LogP contribution < -0.4 is 4.90 Å². The van der Waals surface area contributed by atoms with Gasteiger partial charge < -0.3 is 10.0 Å². The number of hydrogen-bond donors (Lipinski definition) is 1. The molecule has 2 heterocycles. The molecule has 1 aromatic heterocycles. The summed E-state index contributed by atoms with van der Waals surface area (Å²) in [7, 11) is 0. The molecule has 0 aliphatic carbocycles. The highest BCUT2D eigenvalue weighted by Crippen LogP contribution is 2.29. The normalized spacial score (nSPS) is 18.9. The third-order valence-corrected chi connectivity index (χ3v) is 4.06. The molecule has 0 bridgehead atoms. The Kier molecular flexibility index (Phi) is 3.83. The summed E-state index contributed by atoms with van der Waals surface area (Å²) in [5.74, 6) is 1.02. The van der Waals surface area contributed by atoms with E-state index in [2.05, 4.69) is 9.88 Å². The Morgan fingerprint density at radius 2 is 2.00 bits per heavy atom. The zero-order valence-corrected chi connectivity index (χ0v) is 11.9. The number of fused-ring (bicyclic) bond motifs is 1. The lowest BCUT2D eigenvalue weighted by Crippen LogP contribution is -2.31. The summed E-state index contributed by atoms with van der Waals surface area (Å²) in [5.41, 5.74) is 2.92. The van der Waals surface area contributed by atoms with E-state index in [9.17, 15) is 0 Å². The summed E-state index contributed by atoms with van der Waals surface area (Å²) in [5, 5.41) is 9.03. The molecule has 1 saturated heterocycles. The topological polar surface area (TPSA) is 49.2 Å². The first-order valence-corrected chi connectivity index (χ1v) is 7.40. The molecular weight excluding hydrogens is 250 g/mol. The second-order valence-electron chi connectivity index (χ2n) is 5.48. The minimum Gasteiger partial charge on any atom is -0.396 e. The molecule has 0 spiro atoms. The number of aliphatic hydroxyl groups excluding tert-OH is 1. The number of anilines is 1. The Balaban J connectivity index is 1.94. The summed E-state index contributed by atoms with van der Waals surface area (Å²) >= 11 is 0. The quantitative estimate of drug-likeness (QED) is 0.929. The van der Waals surface area contributed by atoms with E-state index in [0.29, 0.717) is 6.04 Å². The van der Waals surface area contributed by atoms with E-state index in [4.69, 9.17) is 10.1 Å². The fraction of sp³-hybridized carbons (Fsp3) is 0.500. The van der Waals surface area contributed by atoms with Gasteiger partial charge in [-0.15, -0.1) is 0 Å². The maximum absolute atomic E-state index is 9.03. The highest BCUT2D eigenvalue weighted by atomic mass is 16.2. The first-order valence-electron chi connectivity index (χ1n) is 7.40. The van der Waals surface area contributed by atoms with Crippen molar-refractivity contribution in [3.63, 3.8) is 0 Å². The van der Waals surface area contributed by atoms with Crippen LogP contribution in [0.5, 0.6) is 0 Å². The second-order valence-corrected chi connectivity index (χ2v) is 5.48. The van der Waals surface area contributed by atoms with Crippen molar-refractivity contribution in [1.82, 2.24) is 9.97 Å². The monoisotopic (exact) mass is 271 g/mol. The summed E-state index contributed by atoms with van der Waals surface area (Å²) < 4.78 is 0. The number of nitrogens with zero attached hydrogens (tertiary/aromatic N) is 3. The van der Waals surface area contributed by atoms with Gasteiger partial charge >= 0.3 is 0 Å². The van der Waals surface area contributed by atoms with Gasteiger partial charge in [-0.05, 0) is 44.7 Å². The van der Waals surface area contributed by atoms with Crippen LogP contribution >= 0.6 is 0 Å². The van der Waals surface area contributed by atoms with E-state index >= 15 is 0 Å². The van der Waals surface area contributed by atoms with Crippen molar-refractivity contribution in [3.8, 4) is 0 Å². The van der Waals surface area contributed by atoms with Crippen LogP contribution in [0.2, 0.25) is 0 Å². The van der Waals surface area contributed by atoms with Crippen LogP contribution in [0, 0.1) is 6.92 Å². The van der Waals surface area contributed by atoms with Crippen LogP contribution in [0.25, 0.3) is 11.0 Å². The number of rotatable bonds is 4. The molecule has 106 valence electrons. The predicted octanol–water partition coefficient (Wildman–Crippen LogP) is 2.68. The molecule has 1 N–H and O–H groups in total. The van der Waals surface area contributed by atoms with Crippen molar-refractivity contribution in [2.24, 2.45) is 0 Å². The molecule has 1 unspecified atom stereocenters. The molecule has 4 nitrogen and oxygen atoms in total. The number of benzene rings is 1. The molecular formula is C16H21N3O. The standard InChI is InChI=1S/C16H21N3O/c1-12-16(18-15-9-3-2-8-14(15)17-12)19-10-4-6-13(19)7-5-11-20/h2-3,8-9,13,20H,4-7,10-11H2,1H3. The molecule has 0 radical (unpaired) electrons. The predicted molar refractivity (Wildman–Crippen MR) is 81.0 cm³/mol. The van der Waals surface area contributed by atoms with Crippen LogP contribution in [0.3, 0.4) is 0 Å². The Bertz CT molecular complexity index is 599. The van der Waals surface area contributed by atoms with Gasteiger partial charge in [0.2, 0.25) is 0 Å². The average molecular weight is 271 g/mol. The number of para-hydroxylation sites is 2. The SMILES string of the molecule is Cc1nc2ccccc2nc1N1CCCC1CCCO. The number of aromatic nitrogens is 2. The third kappa shape index (κ3) is 2.48. The summed E-state index contributed by atoms with van der Waals surface area (Å²) in [6, 6.07) is 8.52. The summed E-state index contributed by atoms with van der Waals surface area (Å²) in [6.45, 7) is 3.35. The van der Waals surface area contributed by atoms with Crippen molar-refractivity contribution in [2.45, 2.75) is 38.6 Å². The molecule has 2 aromatic rings. The van der Waals surface area contributed by atoms with Gasteiger partial charge in [0.1, 0.15) is 0 Å². The Hall–Kier alpha value is -1.68. The van der Waals surface area contributed by atoms with Crippen LogP contribution in [-0.4, -0.2) is 34.3 Å². The molecule has 1 atom stereocenters. The Morgan fingerprint density at radius 1 is 1.25 bits per heavy atom. The van der Waals surface area contributed by atoms with Crippen molar-refractivity contribution in [2.75, 3.05) is 18.1 Å². The van der Waals surface area contributed by atoms with Crippen molar-refractivity contribution < 1.29 is 5.11 Å². The summed E-state index contributed by atoms with van der Waals surface area (Å²) in [6.07, 6.45) is 4.28. The number of aliphatic hydroxyl groups is 1. The summed E-state index contributed by atoms with van der Waals surface area (Å²) in [4.78, 5) is 11.9. The second kappa shape index (κ2) is 5.75. The highest BCUT2D eigenvalue weighted by Gasteiger charge is 2.26. The van der Waals surface area contributed by atoms with Crippen LogP contribution in [0.15, 0.2) is 24.3 Å².